The maximum atomic E-state index is 13.3. The minimum Gasteiger partial charge on any atom is -0.460 e. The number of carbonyl (C=O) groups is 2. The maximum Gasteiger partial charge on any atom is 0.468 e. The van der Waals surface area contributed by atoms with E-state index in [0.717, 1.165) is 0 Å². The van der Waals surface area contributed by atoms with Gasteiger partial charge in [0.15, 0.2) is 0 Å². The highest BCUT2D eigenvalue weighted by Crippen LogP contribution is 2.38. The Morgan fingerprint density at radius 3 is 2.04 bits per heavy atom. The van der Waals surface area contributed by atoms with Crippen LogP contribution in [0.15, 0.2) is 12.7 Å². The van der Waals surface area contributed by atoms with Gasteiger partial charge in [0.25, 0.3) is 0 Å². The summed E-state index contributed by atoms with van der Waals surface area (Å²) in [7, 11) is -6.19. The number of alkyl halides is 5. The van der Waals surface area contributed by atoms with E-state index in [0.29, 0.717) is 0 Å². The van der Waals surface area contributed by atoms with Gasteiger partial charge in [-0.3, -0.25) is 4.55 Å². The third-order valence-corrected chi connectivity index (χ3v) is 3.29. The molecule has 0 radical (unpaired) electrons. The zero-order valence-electron chi connectivity index (χ0n) is 13.4. The predicted octanol–water partition coefficient (Wildman–Crippen LogP) is 1.67. The monoisotopic (exact) mass is 414 g/mol. The lowest BCUT2D eigenvalue weighted by Crippen LogP contribution is -2.59. The van der Waals surface area contributed by atoms with Crippen molar-refractivity contribution in [3.05, 3.63) is 12.7 Å². The molecule has 1 atom stereocenters. The molecule has 8 nitrogen and oxygen atoms in total. The Morgan fingerprint density at radius 1 is 1.19 bits per heavy atom. The fourth-order valence-corrected chi connectivity index (χ4v) is 1.37. The van der Waals surface area contributed by atoms with Crippen molar-refractivity contribution < 1.29 is 58.7 Å². The second-order valence-electron chi connectivity index (χ2n) is 5.13. The first-order valence-electron chi connectivity index (χ1n) is 6.58. The van der Waals surface area contributed by atoms with Crippen LogP contribution in [0.25, 0.3) is 0 Å². The van der Waals surface area contributed by atoms with E-state index >= 15 is 0 Å². The summed E-state index contributed by atoms with van der Waals surface area (Å²) < 4.78 is 107. The molecule has 152 valence electrons. The normalized spacial score (nSPS) is 15.3. The number of hydrogen-bond donors (Lipinski definition) is 1. The Kier molecular flexibility index (Phi) is 7.69. The molecule has 0 aromatic rings. The van der Waals surface area contributed by atoms with Crippen molar-refractivity contribution in [2.24, 2.45) is 5.92 Å². The van der Waals surface area contributed by atoms with Crippen LogP contribution >= 0.6 is 0 Å². The largest absolute Gasteiger partial charge is 0.468 e. The van der Waals surface area contributed by atoms with Gasteiger partial charge >= 0.3 is 39.3 Å². The van der Waals surface area contributed by atoms with Crippen LogP contribution < -0.4 is 0 Å². The van der Waals surface area contributed by atoms with Crippen LogP contribution in [0.4, 0.5) is 22.0 Å². The minimum absolute atomic E-state index is 0.167. The lowest BCUT2D eigenvalue weighted by Gasteiger charge is -2.32. The molecule has 0 aromatic heterocycles. The van der Waals surface area contributed by atoms with Crippen LogP contribution in [0.3, 0.4) is 0 Å². The van der Waals surface area contributed by atoms with Crippen molar-refractivity contribution in [3.8, 4) is 0 Å². The molecule has 0 saturated heterocycles. The molecular formula is C12H15F5O8S. The molecule has 0 bridgehead atoms. The molecule has 26 heavy (non-hydrogen) atoms. The van der Waals surface area contributed by atoms with E-state index < -0.39 is 58.4 Å². The third kappa shape index (κ3) is 5.88. The Bertz CT molecular complexity index is 642. The maximum absolute atomic E-state index is 13.3. The standard InChI is InChI=1S/C12H15F5O8S/c1-4-8(18)25-11(12(15,16)17,9(19)23-5-7(2)3)24-6-10(13,14)26(20,21)22/h4,7H,1,5-6H2,2-3H3,(H,20,21,22). The fourth-order valence-electron chi connectivity index (χ4n) is 1.17. The fraction of sp³-hybridized carbons (Fsp3) is 0.667. The van der Waals surface area contributed by atoms with Crippen molar-refractivity contribution in [2.75, 3.05) is 13.2 Å². The van der Waals surface area contributed by atoms with Crippen molar-refractivity contribution in [1.29, 1.82) is 0 Å². The first-order valence-corrected chi connectivity index (χ1v) is 8.02. The molecule has 14 heteroatoms. The number of rotatable bonds is 9. The van der Waals surface area contributed by atoms with Crippen molar-refractivity contribution in [1.82, 2.24) is 0 Å². The van der Waals surface area contributed by atoms with Gasteiger partial charge < -0.3 is 14.2 Å². The van der Waals surface area contributed by atoms with Crippen LogP contribution in [0, 0.1) is 5.92 Å². The summed E-state index contributed by atoms with van der Waals surface area (Å²) in [5, 5.41) is -5.25. The summed E-state index contributed by atoms with van der Waals surface area (Å²) in [4.78, 5) is 23.0. The Labute approximate surface area is 144 Å². The zero-order valence-corrected chi connectivity index (χ0v) is 14.2. The lowest BCUT2D eigenvalue weighted by atomic mass is 10.2. The number of ether oxygens (including phenoxy) is 3. The SMILES string of the molecule is C=CC(=O)OC(OCC(F)(F)S(=O)(=O)O)(C(=O)OCC(C)C)C(F)(F)F. The van der Waals surface area contributed by atoms with E-state index in [4.69, 9.17) is 4.55 Å². The van der Waals surface area contributed by atoms with Gasteiger partial charge in [-0.1, -0.05) is 20.4 Å². The van der Waals surface area contributed by atoms with Crippen LogP contribution in [-0.2, 0) is 33.9 Å². The Hall–Kier alpha value is -1.80. The molecule has 0 aliphatic rings. The third-order valence-electron chi connectivity index (χ3n) is 2.42. The van der Waals surface area contributed by atoms with Crippen LogP contribution in [0.1, 0.15) is 13.8 Å². The smallest absolute Gasteiger partial charge is 0.460 e. The van der Waals surface area contributed by atoms with Crippen LogP contribution in [0.2, 0.25) is 0 Å². The summed E-state index contributed by atoms with van der Waals surface area (Å²) in [5.74, 6) is -9.54. The molecule has 0 amide bonds. The first-order chi connectivity index (χ1) is 11.5. The quantitative estimate of drug-likeness (QED) is 0.199. The molecule has 0 saturated carbocycles. The topological polar surface area (TPSA) is 116 Å². The van der Waals surface area contributed by atoms with E-state index in [1.807, 2.05) is 0 Å². The Morgan fingerprint density at radius 2 is 1.69 bits per heavy atom. The summed E-state index contributed by atoms with van der Waals surface area (Å²) in [6.45, 7) is 2.31. The number of esters is 2. The molecular weight excluding hydrogens is 399 g/mol. The van der Waals surface area contributed by atoms with Crippen LogP contribution in [0.5, 0.6) is 0 Å². The van der Waals surface area contributed by atoms with Gasteiger partial charge in [0.05, 0.1) is 6.61 Å². The average Bonchev–Trinajstić information content (AvgIpc) is 2.46. The van der Waals surface area contributed by atoms with Gasteiger partial charge in [0.2, 0.25) is 0 Å². The molecule has 0 aliphatic heterocycles. The van der Waals surface area contributed by atoms with Gasteiger partial charge in [-0.2, -0.15) is 30.4 Å². The molecule has 0 fully saturated rings. The zero-order chi connectivity index (χ0) is 21.0. The lowest BCUT2D eigenvalue weighted by molar-refractivity contribution is -0.360. The molecule has 0 rings (SSSR count). The molecule has 0 aromatic carbocycles. The molecule has 1 unspecified atom stereocenters. The summed E-state index contributed by atoms with van der Waals surface area (Å²) in [6, 6.07) is 0. The van der Waals surface area contributed by atoms with Gasteiger partial charge in [0.1, 0.15) is 6.61 Å². The highest BCUT2D eigenvalue weighted by Gasteiger charge is 2.69. The van der Waals surface area contributed by atoms with Crippen molar-refractivity contribution in [2.45, 2.75) is 31.1 Å². The molecule has 0 spiro atoms. The number of hydrogen-bond acceptors (Lipinski definition) is 7. The second kappa shape index (κ2) is 8.26. The van der Waals surface area contributed by atoms with E-state index in [1.54, 1.807) is 0 Å². The van der Waals surface area contributed by atoms with Gasteiger partial charge in [-0.05, 0) is 5.92 Å². The minimum atomic E-state index is -6.19. The van der Waals surface area contributed by atoms with E-state index in [-0.39, 0.29) is 6.08 Å². The van der Waals surface area contributed by atoms with Gasteiger partial charge in [-0.25, -0.2) is 9.59 Å². The predicted molar refractivity (Wildman–Crippen MR) is 73.3 cm³/mol. The van der Waals surface area contributed by atoms with Gasteiger partial charge in [-0.15, -0.1) is 0 Å². The van der Waals surface area contributed by atoms with Crippen molar-refractivity contribution >= 4 is 22.1 Å². The van der Waals surface area contributed by atoms with Gasteiger partial charge in [0, 0.05) is 6.08 Å². The molecule has 1 N–H and O–H groups in total. The summed E-state index contributed by atoms with van der Waals surface area (Å²) in [6.07, 6.45) is -5.78. The highest BCUT2D eigenvalue weighted by atomic mass is 32.2. The molecule has 0 heterocycles. The highest BCUT2D eigenvalue weighted by molar-refractivity contribution is 7.86. The second-order valence-corrected chi connectivity index (χ2v) is 6.68. The summed E-state index contributed by atoms with van der Waals surface area (Å²) >= 11 is 0. The Balaban J connectivity index is 5.99. The average molecular weight is 414 g/mol. The van der Waals surface area contributed by atoms with E-state index in [1.165, 1.54) is 13.8 Å². The molecule has 0 aliphatic carbocycles. The van der Waals surface area contributed by atoms with Crippen molar-refractivity contribution in [3.63, 3.8) is 0 Å². The summed E-state index contributed by atoms with van der Waals surface area (Å²) in [5.41, 5.74) is 0. The number of carbonyl (C=O) groups excluding carboxylic acids is 2. The first kappa shape index (κ1) is 24.2. The van der Waals surface area contributed by atoms with E-state index in [9.17, 15) is 40.0 Å². The van der Waals surface area contributed by atoms with E-state index in [2.05, 4.69) is 20.8 Å². The number of halogens is 5. The van der Waals surface area contributed by atoms with Crippen LogP contribution in [-0.4, -0.2) is 55.3 Å².